The van der Waals surface area contributed by atoms with E-state index in [9.17, 15) is 4.79 Å². The molecule has 0 aromatic heterocycles. The van der Waals surface area contributed by atoms with Crippen molar-refractivity contribution in [1.29, 1.82) is 0 Å². The van der Waals surface area contributed by atoms with Gasteiger partial charge in [0.2, 0.25) is 0 Å². The monoisotopic (exact) mass is 294 g/mol. The van der Waals surface area contributed by atoms with Crippen molar-refractivity contribution in [2.45, 2.75) is 83.3 Å². The van der Waals surface area contributed by atoms with Gasteiger partial charge in [0.25, 0.3) is 0 Å². The van der Waals surface area contributed by atoms with Gasteiger partial charge in [0.05, 0.1) is 6.10 Å². The lowest BCUT2D eigenvalue weighted by molar-refractivity contribution is -0.131. The standard InChI is InChI=1S/C18H30O3/c1-2-3-4-5-6-7-8-9-10-13-16-17(21-16)14-11-12-15-18(19)20/h11-12,14-17H,2-10,13H2,1H3,(H,19,20)/b14-11+,15-12-/t16-,17+/m1/s1. The molecule has 1 heterocycles. The number of carboxylic acids is 1. The smallest absolute Gasteiger partial charge is 0.328 e. The molecule has 0 aliphatic carbocycles. The van der Waals surface area contributed by atoms with Gasteiger partial charge in [0, 0.05) is 6.08 Å². The molecule has 0 saturated carbocycles. The van der Waals surface area contributed by atoms with Crippen LogP contribution in [0.1, 0.15) is 71.1 Å². The molecule has 0 amide bonds. The summed E-state index contributed by atoms with van der Waals surface area (Å²) in [6.45, 7) is 2.25. The van der Waals surface area contributed by atoms with Crippen molar-refractivity contribution >= 4 is 5.97 Å². The number of carbonyl (C=O) groups is 1. The van der Waals surface area contributed by atoms with Crippen LogP contribution in [0.15, 0.2) is 24.3 Å². The fourth-order valence-corrected chi connectivity index (χ4v) is 2.53. The number of rotatable bonds is 13. The molecule has 0 spiro atoms. The third kappa shape index (κ3) is 10.3. The molecule has 0 radical (unpaired) electrons. The molecule has 1 saturated heterocycles. The fourth-order valence-electron chi connectivity index (χ4n) is 2.53. The molecule has 120 valence electrons. The van der Waals surface area contributed by atoms with Gasteiger partial charge in [-0.05, 0) is 6.42 Å². The summed E-state index contributed by atoms with van der Waals surface area (Å²) in [6.07, 6.45) is 20.2. The Bertz CT molecular complexity index is 333. The van der Waals surface area contributed by atoms with Crippen molar-refractivity contribution in [2.75, 3.05) is 0 Å². The van der Waals surface area contributed by atoms with Crippen LogP contribution in [0.25, 0.3) is 0 Å². The summed E-state index contributed by atoms with van der Waals surface area (Å²) in [4.78, 5) is 10.3. The normalized spacial score (nSPS) is 21.4. The number of epoxide rings is 1. The Morgan fingerprint density at radius 1 is 1.00 bits per heavy atom. The van der Waals surface area contributed by atoms with Gasteiger partial charge in [0.1, 0.15) is 6.10 Å². The van der Waals surface area contributed by atoms with Crippen LogP contribution in [-0.4, -0.2) is 23.3 Å². The third-order valence-corrected chi connectivity index (χ3v) is 3.86. The van der Waals surface area contributed by atoms with Crippen molar-refractivity contribution in [3.63, 3.8) is 0 Å². The average Bonchev–Trinajstić information content (AvgIpc) is 3.20. The van der Waals surface area contributed by atoms with Crippen LogP contribution in [0, 0.1) is 0 Å². The van der Waals surface area contributed by atoms with Crippen LogP contribution in [-0.2, 0) is 9.53 Å². The van der Waals surface area contributed by atoms with E-state index in [4.69, 9.17) is 9.84 Å². The van der Waals surface area contributed by atoms with E-state index in [1.54, 1.807) is 12.2 Å². The van der Waals surface area contributed by atoms with E-state index in [1.165, 1.54) is 57.8 Å². The minimum atomic E-state index is -0.914. The number of carboxylic acid groups (broad SMARTS) is 1. The maximum Gasteiger partial charge on any atom is 0.328 e. The Morgan fingerprint density at radius 2 is 1.62 bits per heavy atom. The van der Waals surface area contributed by atoms with Gasteiger partial charge in [-0.3, -0.25) is 0 Å². The van der Waals surface area contributed by atoms with Crippen molar-refractivity contribution in [2.24, 2.45) is 0 Å². The SMILES string of the molecule is CCCCCCCCCCC[C@H]1O[C@H]1/C=C/C=C\C(=O)O. The van der Waals surface area contributed by atoms with Crippen LogP contribution in [0.2, 0.25) is 0 Å². The maximum atomic E-state index is 10.3. The zero-order valence-electron chi connectivity index (χ0n) is 13.3. The maximum absolute atomic E-state index is 10.3. The minimum Gasteiger partial charge on any atom is -0.478 e. The molecule has 0 aromatic rings. The molecule has 1 aliphatic rings. The fraction of sp³-hybridized carbons (Fsp3) is 0.722. The summed E-state index contributed by atoms with van der Waals surface area (Å²) < 4.78 is 5.53. The predicted octanol–water partition coefficient (Wildman–Crippen LogP) is 4.87. The van der Waals surface area contributed by atoms with Crippen molar-refractivity contribution < 1.29 is 14.6 Å². The van der Waals surface area contributed by atoms with E-state index in [1.807, 2.05) is 6.08 Å². The first-order valence-corrected chi connectivity index (χ1v) is 8.47. The molecule has 0 unspecified atom stereocenters. The van der Waals surface area contributed by atoms with Gasteiger partial charge < -0.3 is 9.84 Å². The molecule has 1 N–H and O–H groups in total. The van der Waals surface area contributed by atoms with Crippen LogP contribution in [0.3, 0.4) is 0 Å². The van der Waals surface area contributed by atoms with Gasteiger partial charge in [-0.25, -0.2) is 4.79 Å². The Morgan fingerprint density at radius 3 is 2.24 bits per heavy atom. The Labute approximate surface area is 129 Å². The van der Waals surface area contributed by atoms with Gasteiger partial charge in [0.15, 0.2) is 0 Å². The number of hydrogen-bond donors (Lipinski definition) is 1. The number of aliphatic carboxylic acids is 1. The molecule has 0 aromatic carbocycles. The largest absolute Gasteiger partial charge is 0.478 e. The van der Waals surface area contributed by atoms with Crippen molar-refractivity contribution in [3.8, 4) is 0 Å². The first-order chi connectivity index (χ1) is 10.2. The second kappa shape index (κ2) is 11.6. The molecule has 3 heteroatoms. The van der Waals surface area contributed by atoms with E-state index >= 15 is 0 Å². The molecule has 1 aliphatic heterocycles. The Balaban J connectivity index is 1.86. The van der Waals surface area contributed by atoms with Crippen molar-refractivity contribution in [1.82, 2.24) is 0 Å². The molecule has 2 atom stereocenters. The lowest BCUT2D eigenvalue weighted by Gasteiger charge is -2.00. The predicted molar refractivity (Wildman–Crippen MR) is 86.4 cm³/mol. The number of ether oxygens (including phenoxy) is 1. The van der Waals surface area contributed by atoms with Gasteiger partial charge in [-0.15, -0.1) is 0 Å². The molecule has 1 rings (SSSR count). The van der Waals surface area contributed by atoms with E-state index in [-0.39, 0.29) is 6.10 Å². The second-order valence-electron chi connectivity index (χ2n) is 5.84. The summed E-state index contributed by atoms with van der Waals surface area (Å²) >= 11 is 0. The third-order valence-electron chi connectivity index (χ3n) is 3.86. The number of allylic oxidation sites excluding steroid dienone is 2. The lowest BCUT2D eigenvalue weighted by Crippen LogP contribution is -1.91. The summed E-state index contributed by atoms with van der Waals surface area (Å²) in [5.74, 6) is -0.914. The first kappa shape index (κ1) is 18.0. The Kier molecular flexibility index (Phi) is 9.88. The van der Waals surface area contributed by atoms with Crippen LogP contribution in [0.4, 0.5) is 0 Å². The highest BCUT2D eigenvalue weighted by Crippen LogP contribution is 2.28. The molecule has 21 heavy (non-hydrogen) atoms. The van der Waals surface area contributed by atoms with E-state index in [0.29, 0.717) is 6.10 Å². The van der Waals surface area contributed by atoms with Crippen LogP contribution >= 0.6 is 0 Å². The summed E-state index contributed by atoms with van der Waals surface area (Å²) in [5, 5.41) is 8.44. The zero-order chi connectivity index (χ0) is 15.3. The average molecular weight is 294 g/mol. The number of unbranched alkanes of at least 4 members (excludes halogenated alkanes) is 8. The molecule has 3 nitrogen and oxygen atoms in total. The van der Waals surface area contributed by atoms with Crippen LogP contribution < -0.4 is 0 Å². The van der Waals surface area contributed by atoms with E-state index in [0.717, 1.165) is 12.5 Å². The first-order valence-electron chi connectivity index (χ1n) is 8.47. The molecular formula is C18H30O3. The van der Waals surface area contributed by atoms with E-state index in [2.05, 4.69) is 6.92 Å². The highest BCUT2D eigenvalue weighted by atomic mass is 16.6. The molecule has 1 fully saturated rings. The minimum absolute atomic E-state index is 0.206. The van der Waals surface area contributed by atoms with Gasteiger partial charge >= 0.3 is 5.97 Å². The zero-order valence-corrected chi connectivity index (χ0v) is 13.3. The summed E-state index contributed by atoms with van der Waals surface area (Å²) in [5.41, 5.74) is 0. The molecule has 0 bridgehead atoms. The highest BCUT2D eigenvalue weighted by Gasteiger charge is 2.35. The molecular weight excluding hydrogens is 264 g/mol. The van der Waals surface area contributed by atoms with Gasteiger partial charge in [-0.2, -0.15) is 0 Å². The summed E-state index contributed by atoms with van der Waals surface area (Å²) in [7, 11) is 0. The van der Waals surface area contributed by atoms with Crippen molar-refractivity contribution in [3.05, 3.63) is 24.3 Å². The lowest BCUT2D eigenvalue weighted by atomic mass is 10.1. The quantitative estimate of drug-likeness (QED) is 0.228. The summed E-state index contributed by atoms with van der Waals surface area (Å²) in [6, 6.07) is 0. The van der Waals surface area contributed by atoms with Gasteiger partial charge in [-0.1, -0.05) is 82.9 Å². The second-order valence-corrected chi connectivity index (χ2v) is 5.84. The topological polar surface area (TPSA) is 49.8 Å². The highest BCUT2D eigenvalue weighted by molar-refractivity contribution is 5.80. The Hall–Kier alpha value is -1.09. The van der Waals surface area contributed by atoms with Crippen LogP contribution in [0.5, 0.6) is 0 Å². The number of hydrogen-bond acceptors (Lipinski definition) is 2. The van der Waals surface area contributed by atoms with E-state index < -0.39 is 5.97 Å².